The fourth-order valence-electron chi connectivity index (χ4n) is 2.35. The van der Waals surface area contributed by atoms with E-state index in [1.54, 1.807) is 0 Å². The number of nitrogens with zero attached hydrogens (tertiary/aromatic N) is 1. The van der Waals surface area contributed by atoms with Crippen molar-refractivity contribution in [2.75, 3.05) is 13.1 Å². The first-order chi connectivity index (χ1) is 6.02. The zero-order valence-corrected chi connectivity index (χ0v) is 9.38. The van der Waals surface area contributed by atoms with E-state index < -0.39 is 0 Å². The lowest BCUT2D eigenvalue weighted by molar-refractivity contribution is -0.550. The second kappa shape index (κ2) is 4.23. The molecule has 13 heavy (non-hydrogen) atoms. The molecule has 3 atom stereocenters. The van der Waals surface area contributed by atoms with Gasteiger partial charge in [-0.05, 0) is 12.8 Å². The van der Waals surface area contributed by atoms with E-state index in [4.69, 9.17) is 5.73 Å². The summed E-state index contributed by atoms with van der Waals surface area (Å²) in [7, 11) is 0. The topological polar surface area (TPSA) is 29.0 Å². The summed E-state index contributed by atoms with van der Waals surface area (Å²) in [5, 5.41) is 0. The molecule has 1 rings (SSSR count). The van der Waals surface area contributed by atoms with Crippen LogP contribution >= 0.6 is 0 Å². The number of piperidine rings is 1. The van der Waals surface area contributed by atoms with Gasteiger partial charge in [-0.3, -0.25) is 0 Å². The smallest absolute Gasteiger partial charge is 0.146 e. The summed E-state index contributed by atoms with van der Waals surface area (Å²) in [6, 6.07) is 0.356. The monoisotopic (exact) mass is 183 g/mol. The molecule has 0 aromatic heterocycles. The first kappa shape index (κ1) is 10.7. The van der Waals surface area contributed by atoms with Crippen molar-refractivity contribution in [2.24, 2.45) is 17.6 Å². The Morgan fingerprint density at radius 3 is 2.46 bits per heavy atom. The van der Waals surface area contributed by atoms with E-state index in [2.05, 4.69) is 32.3 Å². The third-order valence-corrected chi connectivity index (χ3v) is 3.28. The summed E-state index contributed by atoms with van der Waals surface area (Å²) < 4.78 is 2.48. The molecular formula is C11H23N2+. The van der Waals surface area contributed by atoms with Gasteiger partial charge in [-0.2, -0.15) is 0 Å². The minimum atomic E-state index is 0.356. The van der Waals surface area contributed by atoms with Gasteiger partial charge in [0.2, 0.25) is 0 Å². The van der Waals surface area contributed by atoms with Gasteiger partial charge in [0, 0.05) is 32.2 Å². The molecule has 2 nitrogen and oxygen atoms in total. The average Bonchev–Trinajstić information content (AvgIpc) is 2.03. The van der Waals surface area contributed by atoms with Crippen molar-refractivity contribution in [3.8, 4) is 0 Å². The molecule has 1 saturated heterocycles. The highest BCUT2D eigenvalue weighted by molar-refractivity contribution is 5.73. The molecule has 0 aromatic rings. The Labute approximate surface area is 81.8 Å². The Morgan fingerprint density at radius 1 is 1.46 bits per heavy atom. The molecule has 2 heteroatoms. The van der Waals surface area contributed by atoms with Gasteiger partial charge in [0.25, 0.3) is 0 Å². The van der Waals surface area contributed by atoms with Crippen molar-refractivity contribution < 1.29 is 4.58 Å². The molecule has 0 bridgehead atoms. The highest BCUT2D eigenvalue weighted by atomic mass is 15.0. The summed E-state index contributed by atoms with van der Waals surface area (Å²) in [5.74, 6) is 1.46. The number of hydrogen-bond donors (Lipinski definition) is 1. The zero-order valence-electron chi connectivity index (χ0n) is 9.38. The van der Waals surface area contributed by atoms with Crippen LogP contribution in [0.1, 0.15) is 34.1 Å². The first-order valence-corrected chi connectivity index (χ1v) is 5.33. The van der Waals surface area contributed by atoms with E-state index in [0.29, 0.717) is 6.04 Å². The van der Waals surface area contributed by atoms with Crippen molar-refractivity contribution in [3.05, 3.63) is 0 Å². The highest BCUT2D eigenvalue weighted by Gasteiger charge is 2.30. The van der Waals surface area contributed by atoms with Crippen LogP contribution < -0.4 is 5.73 Å². The van der Waals surface area contributed by atoms with E-state index in [0.717, 1.165) is 11.8 Å². The summed E-state index contributed by atoms with van der Waals surface area (Å²) in [6.45, 7) is 11.2. The van der Waals surface area contributed by atoms with Crippen LogP contribution in [0.4, 0.5) is 0 Å². The van der Waals surface area contributed by atoms with Crippen molar-refractivity contribution in [2.45, 2.75) is 40.2 Å². The Morgan fingerprint density at radius 2 is 2.08 bits per heavy atom. The maximum atomic E-state index is 5.95. The van der Waals surface area contributed by atoms with Crippen LogP contribution in [0.25, 0.3) is 0 Å². The first-order valence-electron chi connectivity index (χ1n) is 5.33. The SMILES string of the molecule is CC(C)=[N+]1CCC([C@@H](C)N)C(C)C1. The average molecular weight is 183 g/mol. The summed E-state index contributed by atoms with van der Waals surface area (Å²) in [4.78, 5) is 0. The van der Waals surface area contributed by atoms with E-state index in [9.17, 15) is 0 Å². The summed E-state index contributed by atoms with van der Waals surface area (Å²) in [6.07, 6.45) is 1.25. The van der Waals surface area contributed by atoms with Gasteiger partial charge >= 0.3 is 0 Å². The maximum Gasteiger partial charge on any atom is 0.146 e. The third-order valence-electron chi connectivity index (χ3n) is 3.28. The number of rotatable bonds is 1. The molecule has 2 unspecified atom stereocenters. The fraction of sp³-hybridized carbons (Fsp3) is 0.909. The van der Waals surface area contributed by atoms with Gasteiger partial charge < -0.3 is 5.73 Å². The van der Waals surface area contributed by atoms with E-state index in [1.165, 1.54) is 25.2 Å². The quantitative estimate of drug-likeness (QED) is 0.613. The standard InChI is InChI=1S/C11H23N2/c1-8(2)13-6-5-11(10(4)12)9(3)7-13/h9-11H,5-7,12H2,1-4H3/q+1/t9?,10-,11?/m1/s1. The molecule has 1 aliphatic rings. The Kier molecular flexibility index (Phi) is 3.48. The molecule has 0 radical (unpaired) electrons. The third kappa shape index (κ3) is 2.53. The van der Waals surface area contributed by atoms with Crippen LogP contribution in [0.15, 0.2) is 0 Å². The molecule has 1 heterocycles. The normalized spacial score (nSPS) is 31.6. The van der Waals surface area contributed by atoms with Crippen molar-refractivity contribution in [3.63, 3.8) is 0 Å². The van der Waals surface area contributed by atoms with Crippen molar-refractivity contribution in [1.29, 1.82) is 0 Å². The molecule has 0 spiro atoms. The van der Waals surface area contributed by atoms with Gasteiger partial charge in [-0.25, -0.2) is 4.58 Å². The van der Waals surface area contributed by atoms with Crippen molar-refractivity contribution >= 4 is 5.71 Å². The largest absolute Gasteiger partial charge is 0.328 e. The second-order valence-corrected chi connectivity index (χ2v) is 4.68. The molecule has 0 aliphatic carbocycles. The minimum absolute atomic E-state index is 0.356. The van der Waals surface area contributed by atoms with Crippen LogP contribution in [0.5, 0.6) is 0 Å². The predicted octanol–water partition coefficient (Wildman–Crippen LogP) is 1.48. The van der Waals surface area contributed by atoms with Crippen LogP contribution in [0.3, 0.4) is 0 Å². The Bertz CT molecular complexity index is 202. The maximum absolute atomic E-state index is 5.95. The predicted molar refractivity (Wildman–Crippen MR) is 57.3 cm³/mol. The van der Waals surface area contributed by atoms with Crippen LogP contribution in [-0.2, 0) is 0 Å². The van der Waals surface area contributed by atoms with E-state index in [-0.39, 0.29) is 0 Å². The fourth-order valence-corrected chi connectivity index (χ4v) is 2.35. The van der Waals surface area contributed by atoms with Gasteiger partial charge in [0.15, 0.2) is 0 Å². The van der Waals surface area contributed by atoms with E-state index >= 15 is 0 Å². The summed E-state index contributed by atoms with van der Waals surface area (Å²) in [5.41, 5.74) is 7.39. The number of nitrogens with two attached hydrogens (primary N) is 1. The Hall–Kier alpha value is -0.370. The van der Waals surface area contributed by atoms with Crippen molar-refractivity contribution in [1.82, 2.24) is 0 Å². The van der Waals surface area contributed by atoms with Gasteiger partial charge in [-0.1, -0.05) is 6.92 Å². The summed E-state index contributed by atoms with van der Waals surface area (Å²) >= 11 is 0. The highest BCUT2D eigenvalue weighted by Crippen LogP contribution is 2.23. The van der Waals surface area contributed by atoms with Gasteiger partial charge in [-0.15, -0.1) is 0 Å². The van der Waals surface area contributed by atoms with Crippen LogP contribution in [-0.4, -0.2) is 29.4 Å². The lowest BCUT2D eigenvalue weighted by Crippen LogP contribution is -2.42. The van der Waals surface area contributed by atoms with Crippen LogP contribution in [0, 0.1) is 11.8 Å². The zero-order chi connectivity index (χ0) is 10.0. The van der Waals surface area contributed by atoms with Gasteiger partial charge in [0.1, 0.15) is 18.8 Å². The molecular weight excluding hydrogens is 160 g/mol. The molecule has 2 N–H and O–H groups in total. The van der Waals surface area contributed by atoms with E-state index in [1.807, 2.05) is 0 Å². The lowest BCUT2D eigenvalue weighted by Gasteiger charge is -2.30. The molecule has 76 valence electrons. The van der Waals surface area contributed by atoms with Gasteiger partial charge in [0.05, 0.1) is 0 Å². The minimum Gasteiger partial charge on any atom is -0.328 e. The molecule has 1 aliphatic heterocycles. The molecule has 0 saturated carbocycles. The second-order valence-electron chi connectivity index (χ2n) is 4.68. The molecule has 0 aromatic carbocycles. The lowest BCUT2D eigenvalue weighted by atomic mass is 9.83. The van der Waals surface area contributed by atoms with Crippen LogP contribution in [0.2, 0.25) is 0 Å². The Balaban J connectivity index is 2.62. The number of hydrogen-bond acceptors (Lipinski definition) is 1. The molecule has 0 amide bonds. The molecule has 1 fully saturated rings.